The lowest BCUT2D eigenvalue weighted by Gasteiger charge is -2.40. The highest BCUT2D eigenvalue weighted by Gasteiger charge is 2.32. The van der Waals surface area contributed by atoms with Crippen LogP contribution in [0.1, 0.15) is 25.3 Å². The smallest absolute Gasteiger partial charge is 0.146 e. The number of methoxy groups -OCH3 is 1. The van der Waals surface area contributed by atoms with Crippen molar-refractivity contribution in [3.63, 3.8) is 0 Å². The topological polar surface area (TPSA) is 49.1 Å². The van der Waals surface area contributed by atoms with E-state index >= 15 is 0 Å². The summed E-state index contributed by atoms with van der Waals surface area (Å²) in [6.07, 6.45) is 3.84. The summed E-state index contributed by atoms with van der Waals surface area (Å²) in [4.78, 5) is 6.47. The third-order valence-corrected chi connectivity index (χ3v) is 3.36. The van der Waals surface area contributed by atoms with Crippen LogP contribution in [-0.4, -0.2) is 30.8 Å². The van der Waals surface area contributed by atoms with E-state index in [4.69, 9.17) is 10.00 Å². The third kappa shape index (κ3) is 2.40. The number of hydrogen-bond acceptors (Lipinski definition) is 4. The van der Waals surface area contributed by atoms with Gasteiger partial charge in [0.1, 0.15) is 11.9 Å². The lowest BCUT2D eigenvalue weighted by molar-refractivity contribution is -0.00482. The van der Waals surface area contributed by atoms with Crippen molar-refractivity contribution in [3.8, 4) is 6.07 Å². The number of anilines is 1. The molecular weight excluding hydrogens is 214 g/mol. The van der Waals surface area contributed by atoms with Crippen LogP contribution in [0.5, 0.6) is 0 Å². The Morgan fingerprint density at radius 3 is 3.12 bits per heavy atom. The molecule has 17 heavy (non-hydrogen) atoms. The van der Waals surface area contributed by atoms with Crippen LogP contribution in [0.15, 0.2) is 18.3 Å². The molecule has 0 saturated carbocycles. The van der Waals surface area contributed by atoms with Crippen LogP contribution in [0.4, 0.5) is 5.82 Å². The summed E-state index contributed by atoms with van der Waals surface area (Å²) < 4.78 is 5.55. The molecular formula is C13H17N3O. The zero-order chi connectivity index (χ0) is 12.3. The van der Waals surface area contributed by atoms with Crippen molar-refractivity contribution in [2.45, 2.75) is 25.4 Å². The van der Waals surface area contributed by atoms with E-state index in [1.54, 1.807) is 25.4 Å². The second-order valence-electron chi connectivity index (χ2n) is 4.67. The van der Waals surface area contributed by atoms with Crippen LogP contribution < -0.4 is 4.90 Å². The van der Waals surface area contributed by atoms with Gasteiger partial charge in [0.15, 0.2) is 0 Å². The quantitative estimate of drug-likeness (QED) is 0.780. The van der Waals surface area contributed by atoms with Gasteiger partial charge in [-0.05, 0) is 31.9 Å². The maximum absolute atomic E-state index is 9.09. The van der Waals surface area contributed by atoms with Crippen molar-refractivity contribution < 1.29 is 4.74 Å². The van der Waals surface area contributed by atoms with E-state index in [-0.39, 0.29) is 5.60 Å². The lowest BCUT2D eigenvalue weighted by atomic mass is 9.94. The highest BCUT2D eigenvalue weighted by atomic mass is 16.5. The van der Waals surface area contributed by atoms with Crippen molar-refractivity contribution in [2.75, 3.05) is 25.1 Å². The zero-order valence-corrected chi connectivity index (χ0v) is 10.3. The van der Waals surface area contributed by atoms with E-state index in [9.17, 15) is 0 Å². The van der Waals surface area contributed by atoms with E-state index in [1.807, 2.05) is 0 Å². The fourth-order valence-electron chi connectivity index (χ4n) is 2.29. The summed E-state index contributed by atoms with van der Waals surface area (Å²) in [5, 5.41) is 9.09. The molecule has 0 aromatic carbocycles. The number of hydrogen-bond donors (Lipinski definition) is 0. The summed E-state index contributed by atoms with van der Waals surface area (Å²) >= 11 is 0. The Bertz CT molecular complexity index is 441. The fraction of sp³-hybridized carbons (Fsp3) is 0.538. The van der Waals surface area contributed by atoms with Crippen LogP contribution in [0.3, 0.4) is 0 Å². The fourth-order valence-corrected chi connectivity index (χ4v) is 2.29. The SMILES string of the molecule is COC1(C)CCCN(c2ncccc2C#N)C1. The second-order valence-corrected chi connectivity index (χ2v) is 4.67. The number of nitriles is 1. The molecule has 0 bridgehead atoms. The van der Waals surface area contributed by atoms with E-state index in [2.05, 4.69) is 22.9 Å². The Hall–Kier alpha value is -1.60. The number of rotatable bonds is 2. The first-order chi connectivity index (χ1) is 8.18. The maximum Gasteiger partial charge on any atom is 0.146 e. The Labute approximate surface area is 102 Å². The molecule has 1 aliphatic rings. The minimum absolute atomic E-state index is 0.136. The van der Waals surface area contributed by atoms with Crippen LogP contribution in [-0.2, 0) is 4.74 Å². The van der Waals surface area contributed by atoms with Crippen molar-refractivity contribution in [3.05, 3.63) is 23.9 Å². The number of ether oxygens (including phenoxy) is 1. The molecule has 1 atom stereocenters. The average molecular weight is 231 g/mol. The Morgan fingerprint density at radius 2 is 2.41 bits per heavy atom. The molecule has 1 unspecified atom stereocenters. The minimum Gasteiger partial charge on any atom is -0.377 e. The molecule has 4 nitrogen and oxygen atoms in total. The first-order valence-corrected chi connectivity index (χ1v) is 5.84. The summed E-state index contributed by atoms with van der Waals surface area (Å²) in [6, 6.07) is 5.79. The van der Waals surface area contributed by atoms with E-state index in [1.165, 1.54) is 0 Å². The third-order valence-electron chi connectivity index (χ3n) is 3.36. The van der Waals surface area contributed by atoms with Crippen molar-refractivity contribution >= 4 is 5.82 Å². The first-order valence-electron chi connectivity index (χ1n) is 5.84. The van der Waals surface area contributed by atoms with E-state index in [0.717, 1.165) is 31.7 Å². The summed E-state index contributed by atoms with van der Waals surface area (Å²) in [7, 11) is 1.74. The highest BCUT2D eigenvalue weighted by molar-refractivity contribution is 5.53. The Morgan fingerprint density at radius 1 is 1.59 bits per heavy atom. The average Bonchev–Trinajstić information content (AvgIpc) is 2.39. The molecule has 1 fully saturated rings. The zero-order valence-electron chi connectivity index (χ0n) is 10.3. The molecule has 90 valence electrons. The van der Waals surface area contributed by atoms with Gasteiger partial charge in [0, 0.05) is 26.4 Å². The number of aromatic nitrogens is 1. The van der Waals surface area contributed by atoms with Crippen molar-refractivity contribution in [2.24, 2.45) is 0 Å². The maximum atomic E-state index is 9.09. The normalized spacial score (nSPS) is 24.4. The van der Waals surface area contributed by atoms with Gasteiger partial charge >= 0.3 is 0 Å². The molecule has 1 aromatic rings. The number of pyridine rings is 1. The molecule has 2 heterocycles. The predicted molar refractivity (Wildman–Crippen MR) is 65.8 cm³/mol. The second kappa shape index (κ2) is 4.72. The predicted octanol–water partition coefficient (Wildman–Crippen LogP) is 1.96. The molecule has 0 radical (unpaired) electrons. The standard InChI is InChI=1S/C13H17N3O/c1-13(17-2)6-4-8-16(10-13)12-11(9-14)5-3-7-15-12/h3,5,7H,4,6,8,10H2,1-2H3. The van der Waals surface area contributed by atoms with Gasteiger partial charge < -0.3 is 9.64 Å². The molecule has 0 amide bonds. The first kappa shape index (κ1) is 11.9. The molecule has 4 heteroatoms. The highest BCUT2D eigenvalue weighted by Crippen LogP contribution is 2.28. The largest absolute Gasteiger partial charge is 0.377 e. The molecule has 1 saturated heterocycles. The van der Waals surface area contributed by atoms with Gasteiger partial charge in [-0.15, -0.1) is 0 Å². The molecule has 0 spiro atoms. The van der Waals surface area contributed by atoms with Gasteiger partial charge in [0.05, 0.1) is 11.2 Å². The van der Waals surface area contributed by atoms with Gasteiger partial charge in [0.25, 0.3) is 0 Å². The summed E-state index contributed by atoms with van der Waals surface area (Å²) in [6.45, 7) is 3.83. The van der Waals surface area contributed by atoms with Crippen molar-refractivity contribution in [1.29, 1.82) is 5.26 Å². The van der Waals surface area contributed by atoms with Gasteiger partial charge in [-0.1, -0.05) is 0 Å². The summed E-state index contributed by atoms with van der Waals surface area (Å²) in [5.74, 6) is 0.776. The van der Waals surface area contributed by atoms with E-state index in [0.29, 0.717) is 5.56 Å². The molecule has 2 rings (SSSR count). The van der Waals surface area contributed by atoms with Crippen LogP contribution in [0, 0.1) is 11.3 Å². The number of piperidine rings is 1. The molecule has 0 N–H and O–H groups in total. The summed E-state index contributed by atoms with van der Waals surface area (Å²) in [5.41, 5.74) is 0.496. The van der Waals surface area contributed by atoms with Gasteiger partial charge in [0.2, 0.25) is 0 Å². The molecule has 1 aromatic heterocycles. The minimum atomic E-state index is -0.136. The number of nitrogens with zero attached hydrogens (tertiary/aromatic N) is 3. The van der Waals surface area contributed by atoms with Crippen molar-refractivity contribution in [1.82, 2.24) is 4.98 Å². The Balaban J connectivity index is 2.26. The molecule has 0 aliphatic carbocycles. The monoisotopic (exact) mass is 231 g/mol. The van der Waals surface area contributed by atoms with Crippen LogP contribution in [0.2, 0.25) is 0 Å². The Kier molecular flexibility index (Phi) is 3.30. The van der Waals surface area contributed by atoms with Gasteiger partial charge in [-0.3, -0.25) is 0 Å². The van der Waals surface area contributed by atoms with E-state index < -0.39 is 0 Å². The van der Waals surface area contributed by atoms with Gasteiger partial charge in [-0.25, -0.2) is 4.98 Å². The lowest BCUT2D eigenvalue weighted by Crippen LogP contribution is -2.48. The van der Waals surface area contributed by atoms with Crippen LogP contribution >= 0.6 is 0 Å². The van der Waals surface area contributed by atoms with Gasteiger partial charge in [-0.2, -0.15) is 5.26 Å². The van der Waals surface area contributed by atoms with Crippen LogP contribution in [0.25, 0.3) is 0 Å². The molecule has 1 aliphatic heterocycles.